The number of aliphatic hydroxyl groups excluding tert-OH is 2. The summed E-state index contributed by atoms with van der Waals surface area (Å²) < 4.78 is 50.4. The summed E-state index contributed by atoms with van der Waals surface area (Å²) >= 11 is 0. The lowest BCUT2D eigenvalue weighted by Crippen LogP contribution is -2.60. The van der Waals surface area contributed by atoms with Crippen molar-refractivity contribution in [3.8, 4) is 0 Å². The Morgan fingerprint density at radius 1 is 0.900 bits per heavy atom. The summed E-state index contributed by atoms with van der Waals surface area (Å²) in [6.07, 6.45) is -6.13. The number of fused-ring (bicyclic) bond motifs is 2. The summed E-state index contributed by atoms with van der Waals surface area (Å²) in [4.78, 5) is 27.3. The van der Waals surface area contributed by atoms with Gasteiger partial charge in [0.25, 0.3) is 6.47 Å². The minimum Gasteiger partial charge on any atom is -0.489 e. The van der Waals surface area contributed by atoms with Gasteiger partial charge in [0, 0.05) is 43.7 Å². The first-order valence-corrected chi connectivity index (χ1v) is 18.2. The number of hydrogen-bond acceptors (Lipinski definition) is 13. The van der Waals surface area contributed by atoms with E-state index in [1.165, 1.54) is 0 Å². The van der Waals surface area contributed by atoms with Gasteiger partial charge in [-0.15, -0.1) is 0 Å². The summed E-state index contributed by atoms with van der Waals surface area (Å²) in [5.74, 6) is -2.03. The molecule has 4 aliphatic rings. The van der Waals surface area contributed by atoms with Gasteiger partial charge in [0.1, 0.15) is 35.3 Å². The van der Waals surface area contributed by atoms with Crippen molar-refractivity contribution in [1.82, 2.24) is 4.90 Å². The molecule has 3 fully saturated rings. The van der Waals surface area contributed by atoms with Crippen molar-refractivity contribution in [3.63, 3.8) is 0 Å². The third-order valence-corrected chi connectivity index (χ3v) is 11.9. The van der Waals surface area contributed by atoms with Gasteiger partial charge in [-0.05, 0) is 74.6 Å². The molecule has 0 amide bonds. The van der Waals surface area contributed by atoms with Crippen LogP contribution in [0.4, 0.5) is 0 Å². The van der Waals surface area contributed by atoms with Crippen LogP contribution in [0.5, 0.6) is 0 Å². The first-order valence-electron chi connectivity index (χ1n) is 18.2. The number of ether oxygens (including phenoxy) is 8. The fraction of sp³-hybridized carbons (Fsp3) is 0.892. The minimum absolute atomic E-state index is 0.196. The van der Waals surface area contributed by atoms with E-state index in [0.29, 0.717) is 25.1 Å². The minimum atomic E-state index is -1.01. The van der Waals surface area contributed by atoms with Gasteiger partial charge >= 0.3 is 5.97 Å². The quantitative estimate of drug-likeness (QED) is 0.279. The van der Waals surface area contributed by atoms with Crippen LogP contribution in [0.1, 0.15) is 88.5 Å². The Labute approximate surface area is 298 Å². The Kier molecular flexibility index (Phi) is 13.1. The number of methoxy groups -OCH3 is 1. The van der Waals surface area contributed by atoms with Gasteiger partial charge in [-0.3, -0.25) is 9.59 Å². The van der Waals surface area contributed by atoms with E-state index >= 15 is 0 Å². The van der Waals surface area contributed by atoms with Gasteiger partial charge in [-0.1, -0.05) is 20.8 Å². The second-order valence-electron chi connectivity index (χ2n) is 16.0. The van der Waals surface area contributed by atoms with Crippen LogP contribution >= 0.6 is 0 Å². The van der Waals surface area contributed by atoms with Crippen molar-refractivity contribution in [2.75, 3.05) is 21.2 Å². The summed E-state index contributed by atoms with van der Waals surface area (Å²) in [6, 6.07) is -0.217. The average molecular weight is 714 g/mol. The van der Waals surface area contributed by atoms with E-state index in [9.17, 15) is 19.8 Å². The third-order valence-electron chi connectivity index (χ3n) is 11.9. The van der Waals surface area contributed by atoms with E-state index in [1.54, 1.807) is 27.9 Å². The molecule has 0 spiro atoms. The summed E-state index contributed by atoms with van der Waals surface area (Å²) in [6.45, 7) is 19.2. The van der Waals surface area contributed by atoms with Crippen molar-refractivity contribution in [2.24, 2.45) is 23.7 Å². The van der Waals surface area contributed by atoms with E-state index in [-0.39, 0.29) is 18.6 Å². The van der Waals surface area contributed by atoms with Crippen molar-refractivity contribution in [3.05, 3.63) is 11.3 Å². The topological polar surface area (TPSA) is 152 Å². The third kappa shape index (κ3) is 8.20. The lowest BCUT2D eigenvalue weighted by atomic mass is 9.79. The second kappa shape index (κ2) is 16.0. The Hall–Kier alpha value is -1.84. The van der Waals surface area contributed by atoms with Crippen LogP contribution in [0.25, 0.3) is 0 Å². The molecule has 4 rings (SSSR count). The number of hydrogen-bond donors (Lipinski definition) is 2. The molecule has 13 nitrogen and oxygen atoms in total. The van der Waals surface area contributed by atoms with Gasteiger partial charge in [-0.2, -0.15) is 0 Å². The first kappa shape index (κ1) is 40.9. The highest BCUT2D eigenvalue weighted by atomic mass is 16.7. The maximum atomic E-state index is 14.0. The number of rotatable bonds is 8. The second-order valence-corrected chi connectivity index (χ2v) is 16.0. The zero-order valence-corrected chi connectivity index (χ0v) is 32.3. The molecule has 2 N–H and O–H groups in total. The van der Waals surface area contributed by atoms with E-state index in [2.05, 4.69) is 0 Å². The van der Waals surface area contributed by atoms with E-state index in [1.807, 2.05) is 67.5 Å². The zero-order chi connectivity index (χ0) is 37.5. The fourth-order valence-electron chi connectivity index (χ4n) is 8.61. The predicted octanol–water partition coefficient (Wildman–Crippen LogP) is 3.57. The SMILES string of the molecule is COC1(C)CC(OC2[C@H](C)C(OC3O[C@H](C)CC(N(C)C)C3O)C3(C)CC(C)=C(O3)[C@H](C)C(O)[C@@H](C)C(C)OC(=O)[C@@H]2C)O[C@@H](C)C1OC=O. The van der Waals surface area contributed by atoms with Crippen LogP contribution in [0.2, 0.25) is 0 Å². The van der Waals surface area contributed by atoms with Crippen molar-refractivity contribution >= 4 is 12.4 Å². The largest absolute Gasteiger partial charge is 0.489 e. The van der Waals surface area contributed by atoms with Gasteiger partial charge in [0.05, 0.1) is 30.3 Å². The van der Waals surface area contributed by atoms with E-state index < -0.39 is 96.2 Å². The Bertz CT molecular complexity index is 1210. The normalized spacial score (nSPS) is 47.8. The number of nitrogens with zero attached hydrogens (tertiary/aromatic N) is 1. The molecule has 4 heterocycles. The zero-order valence-electron chi connectivity index (χ0n) is 32.3. The standard InChI is InChI=1S/C37H63NO12/c1-18-15-37(10)32(49-35-29(41)26(38(11)12)14-19(2)45-35)22(5)31(48-27-16-36(9,43-13)33(44-17-39)25(8)46-27)23(6)34(42)47-24(7)20(3)28(40)21(4)30(18)50-37/h17,19-29,31-33,35,40-41H,14-16H2,1-13H3/t19-,20+,21-,22+,23-,24?,25+,26?,27?,28?,29?,31?,32?,33?,35?,36?,37?/m1/s1. The molecule has 4 aliphatic heterocycles. The number of carbonyl (C=O) groups excluding carboxylic acids is 2. The number of esters is 1. The van der Waals surface area contributed by atoms with Crippen LogP contribution in [0.3, 0.4) is 0 Å². The fourth-order valence-corrected chi connectivity index (χ4v) is 8.61. The van der Waals surface area contributed by atoms with Crippen molar-refractivity contribution < 1.29 is 57.7 Å². The van der Waals surface area contributed by atoms with Crippen LogP contribution < -0.4 is 0 Å². The highest BCUT2D eigenvalue weighted by molar-refractivity contribution is 5.73. The Morgan fingerprint density at radius 3 is 2.16 bits per heavy atom. The Morgan fingerprint density at radius 2 is 1.56 bits per heavy atom. The molecule has 0 aromatic heterocycles. The van der Waals surface area contributed by atoms with E-state index in [0.717, 1.165) is 5.57 Å². The maximum Gasteiger partial charge on any atom is 0.311 e. The molecule has 0 saturated carbocycles. The molecule has 50 heavy (non-hydrogen) atoms. The van der Waals surface area contributed by atoms with Crippen LogP contribution in [0, 0.1) is 23.7 Å². The number of cyclic esters (lactones) is 1. The van der Waals surface area contributed by atoms with E-state index in [4.69, 9.17) is 37.9 Å². The molecule has 0 radical (unpaired) electrons. The molecule has 0 aromatic carbocycles. The predicted molar refractivity (Wildman–Crippen MR) is 183 cm³/mol. The molecule has 17 atom stereocenters. The molecule has 288 valence electrons. The highest BCUT2D eigenvalue weighted by Gasteiger charge is 2.55. The van der Waals surface area contributed by atoms with Gasteiger partial charge in [0.2, 0.25) is 0 Å². The Balaban J connectivity index is 1.80. The maximum absolute atomic E-state index is 14.0. The summed E-state index contributed by atoms with van der Waals surface area (Å²) in [5, 5.41) is 23.1. The van der Waals surface area contributed by atoms with Crippen molar-refractivity contribution in [2.45, 2.75) is 167 Å². The smallest absolute Gasteiger partial charge is 0.311 e. The highest BCUT2D eigenvalue weighted by Crippen LogP contribution is 2.47. The number of carbonyl (C=O) groups is 2. The van der Waals surface area contributed by atoms with Gasteiger partial charge in [-0.25, -0.2) is 0 Å². The lowest BCUT2D eigenvalue weighted by molar-refractivity contribution is -0.317. The molecular weight excluding hydrogens is 650 g/mol. The molecule has 0 aliphatic carbocycles. The monoisotopic (exact) mass is 713 g/mol. The first-order chi connectivity index (χ1) is 23.3. The van der Waals surface area contributed by atoms with Crippen molar-refractivity contribution in [1.29, 1.82) is 0 Å². The van der Waals surface area contributed by atoms with Crippen LogP contribution in [-0.4, -0.2) is 127 Å². The summed E-state index contributed by atoms with van der Waals surface area (Å²) in [5.41, 5.74) is -0.965. The molecule has 11 unspecified atom stereocenters. The molecule has 0 aromatic rings. The number of likely N-dealkylation sites (N-methyl/N-ethyl adjacent to an activating group) is 1. The lowest BCUT2D eigenvalue weighted by Gasteiger charge is -2.49. The molecule has 13 heteroatoms. The van der Waals surface area contributed by atoms with Crippen LogP contribution in [-0.2, 0) is 47.5 Å². The van der Waals surface area contributed by atoms with Gasteiger partial charge in [0.15, 0.2) is 18.7 Å². The summed E-state index contributed by atoms with van der Waals surface area (Å²) in [7, 11) is 5.38. The number of aliphatic hydroxyl groups is 2. The molecule has 3 saturated heterocycles. The molecule has 2 bridgehead atoms. The van der Waals surface area contributed by atoms with Gasteiger partial charge < -0.3 is 53.0 Å². The molecular formula is C37H63NO12. The van der Waals surface area contributed by atoms with Crippen LogP contribution in [0.15, 0.2) is 11.3 Å². The average Bonchev–Trinajstić information content (AvgIpc) is 3.37.